The van der Waals surface area contributed by atoms with E-state index in [2.05, 4.69) is 0 Å². The molecule has 0 saturated heterocycles. The summed E-state index contributed by atoms with van der Waals surface area (Å²) in [7, 11) is 0. The van der Waals surface area contributed by atoms with Crippen LogP contribution in [0.25, 0.3) is 0 Å². The van der Waals surface area contributed by atoms with Crippen LogP contribution in [0.5, 0.6) is 23.0 Å². The van der Waals surface area contributed by atoms with Gasteiger partial charge in [-0.15, -0.1) is 0 Å². The van der Waals surface area contributed by atoms with Gasteiger partial charge in [0.05, 0.1) is 0 Å². The number of hydrogen-bond acceptors (Lipinski definition) is 12. The van der Waals surface area contributed by atoms with E-state index in [4.69, 9.17) is 84.3 Å². The van der Waals surface area contributed by atoms with Crippen LogP contribution >= 0.6 is 46.4 Å². The minimum atomic E-state index is -1.75. The highest BCUT2D eigenvalue weighted by atomic mass is 35.5. The van der Waals surface area contributed by atoms with Crippen LogP contribution in [-0.2, 0) is 38.1 Å². The van der Waals surface area contributed by atoms with E-state index in [0.29, 0.717) is 43.1 Å². The fraction of sp³-hybridized carbons (Fsp3) is 0.378. The number of benzene rings is 4. The topological polar surface area (TPSA) is 142 Å². The number of rotatable bonds is 20. The lowest BCUT2D eigenvalue weighted by atomic mass is 9.91. The van der Waals surface area contributed by atoms with E-state index < -0.39 is 78.1 Å². The van der Waals surface area contributed by atoms with Gasteiger partial charge in [0.15, 0.2) is 22.4 Å². The molecule has 0 fully saturated rings. The first-order valence-corrected chi connectivity index (χ1v) is 20.4. The normalized spacial score (nSPS) is 12.1. The largest absolute Gasteiger partial charge is 0.476 e. The molecule has 61 heavy (non-hydrogen) atoms. The maximum Gasteiger partial charge on any atom is 0.349 e. The highest BCUT2D eigenvalue weighted by Crippen LogP contribution is 2.30. The average molecular weight is 923 g/mol. The van der Waals surface area contributed by atoms with E-state index in [9.17, 15) is 19.2 Å². The molecule has 12 nitrogen and oxygen atoms in total. The van der Waals surface area contributed by atoms with Gasteiger partial charge in [-0.2, -0.15) is 0 Å². The Balaban J connectivity index is 1.66. The third kappa shape index (κ3) is 14.6. The molecule has 0 atom stereocenters. The van der Waals surface area contributed by atoms with E-state index in [0.717, 1.165) is 0 Å². The third-order valence-corrected chi connectivity index (χ3v) is 9.76. The number of carbonyl (C=O) groups is 4. The van der Waals surface area contributed by atoms with Gasteiger partial charge < -0.3 is 37.9 Å². The molecule has 0 saturated carbocycles. The van der Waals surface area contributed by atoms with Crippen molar-refractivity contribution in [3.05, 3.63) is 117 Å². The molecule has 0 amide bonds. The monoisotopic (exact) mass is 920 g/mol. The average Bonchev–Trinajstić information content (AvgIpc) is 3.19. The maximum absolute atomic E-state index is 13.8. The lowest BCUT2D eigenvalue weighted by molar-refractivity contribution is -0.187. The summed E-state index contributed by atoms with van der Waals surface area (Å²) in [6.45, 7) is 9.36. The van der Waals surface area contributed by atoms with Crippen molar-refractivity contribution in [2.75, 3.05) is 26.4 Å². The van der Waals surface area contributed by atoms with Crippen LogP contribution in [0.3, 0.4) is 0 Å². The second kappa shape index (κ2) is 20.3. The standard InChI is InChI=1S/C45H48Cl4O12/c1-41(2,58-33-17-9-29(46)10-18-33)37(50)54-25-45(26-55-38(51)42(3,4)59-34-19-11-30(47)12-20-34,27-56-39(52)43(5,6)60-35-21-13-31(48)14-22-35)28-57-40(53)44(7,8)61-36-23-15-32(49)16-24-36/h9-24H,25-28H2,1-8H3. The van der Waals surface area contributed by atoms with Gasteiger partial charge in [-0.25, -0.2) is 19.2 Å². The van der Waals surface area contributed by atoms with Gasteiger partial charge >= 0.3 is 23.9 Å². The van der Waals surface area contributed by atoms with Crippen molar-refractivity contribution in [1.82, 2.24) is 0 Å². The van der Waals surface area contributed by atoms with E-state index >= 15 is 0 Å². The van der Waals surface area contributed by atoms with Crippen molar-refractivity contribution in [2.24, 2.45) is 5.41 Å². The van der Waals surface area contributed by atoms with Crippen molar-refractivity contribution in [1.29, 1.82) is 0 Å². The first-order chi connectivity index (χ1) is 28.4. The summed E-state index contributed by atoms with van der Waals surface area (Å²) in [6.07, 6.45) is 0. The molecule has 4 rings (SSSR count). The fourth-order valence-corrected chi connectivity index (χ4v) is 5.68. The van der Waals surface area contributed by atoms with Crippen LogP contribution in [0.4, 0.5) is 0 Å². The molecule has 0 aliphatic heterocycles. The summed E-state index contributed by atoms with van der Waals surface area (Å²) in [5.41, 5.74) is -8.08. The Hall–Kier alpha value is -4.88. The minimum Gasteiger partial charge on any atom is -0.476 e. The third-order valence-electron chi connectivity index (χ3n) is 8.75. The first kappa shape index (κ1) is 48.8. The van der Waals surface area contributed by atoms with Gasteiger partial charge in [0.2, 0.25) is 0 Å². The molecule has 4 aromatic carbocycles. The predicted octanol–water partition coefficient (Wildman–Crippen LogP) is 10.2. The van der Waals surface area contributed by atoms with Crippen LogP contribution < -0.4 is 18.9 Å². The van der Waals surface area contributed by atoms with Crippen LogP contribution in [0, 0.1) is 5.41 Å². The van der Waals surface area contributed by atoms with E-state index in [1.807, 2.05) is 0 Å². The fourth-order valence-electron chi connectivity index (χ4n) is 5.18. The summed E-state index contributed by atoms with van der Waals surface area (Å²) in [6, 6.07) is 25.4. The number of halogens is 4. The van der Waals surface area contributed by atoms with E-state index in [1.165, 1.54) is 55.4 Å². The lowest BCUT2D eigenvalue weighted by Crippen LogP contribution is -2.51. The second-order valence-corrected chi connectivity index (χ2v) is 17.8. The molecule has 16 heteroatoms. The Morgan fingerprint density at radius 1 is 0.344 bits per heavy atom. The summed E-state index contributed by atoms with van der Waals surface area (Å²) >= 11 is 24.1. The van der Waals surface area contributed by atoms with Gasteiger partial charge in [0.1, 0.15) is 54.8 Å². The zero-order valence-electron chi connectivity index (χ0n) is 35.0. The van der Waals surface area contributed by atoms with Gasteiger partial charge in [-0.1, -0.05) is 46.4 Å². The van der Waals surface area contributed by atoms with Gasteiger partial charge in [-0.3, -0.25) is 0 Å². The quantitative estimate of drug-likeness (QED) is 0.0615. The molecule has 0 unspecified atom stereocenters. The Kier molecular flexibility index (Phi) is 16.3. The zero-order valence-corrected chi connectivity index (χ0v) is 38.0. The molecule has 0 N–H and O–H groups in total. The number of esters is 4. The number of ether oxygens (including phenoxy) is 8. The maximum atomic E-state index is 13.8. The smallest absolute Gasteiger partial charge is 0.349 e. The van der Waals surface area contributed by atoms with Crippen molar-refractivity contribution < 1.29 is 57.1 Å². The predicted molar refractivity (Wildman–Crippen MR) is 231 cm³/mol. The van der Waals surface area contributed by atoms with Crippen LogP contribution in [0.15, 0.2) is 97.1 Å². The molecule has 4 aromatic rings. The molecule has 0 aliphatic rings. The Bertz CT molecular complexity index is 1810. The van der Waals surface area contributed by atoms with Gasteiger partial charge in [-0.05, 0) is 152 Å². The van der Waals surface area contributed by atoms with Gasteiger partial charge in [0.25, 0.3) is 0 Å². The Morgan fingerprint density at radius 3 is 0.672 bits per heavy atom. The molecule has 0 aromatic heterocycles. The summed E-state index contributed by atoms with van der Waals surface area (Å²) in [5.74, 6) is -2.15. The number of hydrogen-bond donors (Lipinski definition) is 0. The Morgan fingerprint density at radius 2 is 0.508 bits per heavy atom. The van der Waals surface area contributed by atoms with Crippen molar-refractivity contribution in [3.63, 3.8) is 0 Å². The SMILES string of the molecule is CC(C)(Oc1ccc(Cl)cc1)C(=O)OCC(COC(=O)C(C)(C)Oc1ccc(Cl)cc1)(COC(=O)C(C)(C)Oc1ccc(Cl)cc1)COC(=O)C(C)(C)Oc1ccc(Cl)cc1. The zero-order chi connectivity index (χ0) is 45.2. The first-order valence-electron chi connectivity index (χ1n) is 18.9. The highest BCUT2D eigenvalue weighted by Gasteiger charge is 2.45. The van der Waals surface area contributed by atoms with Gasteiger partial charge in [0, 0.05) is 20.1 Å². The Labute approximate surface area is 375 Å². The molecular weight excluding hydrogens is 874 g/mol. The molecule has 0 radical (unpaired) electrons. The van der Waals surface area contributed by atoms with E-state index in [-0.39, 0.29) is 0 Å². The second-order valence-electron chi connectivity index (χ2n) is 16.1. The van der Waals surface area contributed by atoms with Crippen molar-refractivity contribution in [3.8, 4) is 23.0 Å². The van der Waals surface area contributed by atoms with Crippen molar-refractivity contribution in [2.45, 2.75) is 77.8 Å². The van der Waals surface area contributed by atoms with E-state index in [1.54, 1.807) is 97.1 Å². The molecule has 0 heterocycles. The molecule has 328 valence electrons. The minimum absolute atomic E-state index is 0.322. The molecule has 0 aliphatic carbocycles. The van der Waals surface area contributed by atoms with Crippen LogP contribution in [0.1, 0.15) is 55.4 Å². The van der Waals surface area contributed by atoms with Crippen LogP contribution in [0.2, 0.25) is 20.1 Å². The number of carbonyl (C=O) groups excluding carboxylic acids is 4. The lowest BCUT2D eigenvalue weighted by Gasteiger charge is -2.36. The molecule has 0 bridgehead atoms. The highest BCUT2D eigenvalue weighted by molar-refractivity contribution is 6.31. The molecular formula is C45H48Cl4O12. The summed E-state index contributed by atoms with van der Waals surface area (Å²) < 4.78 is 47.2. The van der Waals surface area contributed by atoms with Crippen LogP contribution in [-0.4, -0.2) is 72.7 Å². The summed E-state index contributed by atoms with van der Waals surface area (Å²) in [4.78, 5) is 55.1. The molecule has 0 spiro atoms. The summed E-state index contributed by atoms with van der Waals surface area (Å²) in [5, 5.41) is 1.84. The van der Waals surface area contributed by atoms with Crippen molar-refractivity contribution >= 4 is 70.3 Å².